The number of hydrogen-bond acceptors (Lipinski definition) is 7. The number of fused-ring (bicyclic) bond motifs is 1. The van der Waals surface area contributed by atoms with Crippen LogP contribution in [0.2, 0.25) is 0 Å². The lowest BCUT2D eigenvalue weighted by molar-refractivity contribution is -0.145. The molecule has 5 atom stereocenters. The van der Waals surface area contributed by atoms with Crippen molar-refractivity contribution in [3.63, 3.8) is 0 Å². The maximum Gasteiger partial charge on any atom is 0.408 e. The fourth-order valence-corrected chi connectivity index (χ4v) is 5.61. The molecule has 11 heteroatoms. The van der Waals surface area contributed by atoms with Crippen molar-refractivity contribution in [2.24, 2.45) is 11.8 Å². The molecule has 3 aliphatic rings. The summed E-state index contributed by atoms with van der Waals surface area (Å²) in [5.74, 6) is -2.29. The highest BCUT2D eigenvalue weighted by molar-refractivity contribution is 6.38. The predicted molar refractivity (Wildman–Crippen MR) is 153 cm³/mol. The Bertz CT molecular complexity index is 959. The van der Waals surface area contributed by atoms with Crippen LogP contribution in [0.1, 0.15) is 99.3 Å². The Morgan fingerprint density at radius 2 is 1.63 bits per heavy atom. The number of nitrogens with one attached hydrogen (secondary N) is 3. The minimum absolute atomic E-state index is 0.0280. The molecule has 0 radical (unpaired) electrons. The average Bonchev–Trinajstić information content (AvgIpc) is 3.58. The SMILES string of the molecule is CC(C)[C@H]1CCN2C(=O)[C@@H](NC(=O)OC(C)(C)C)[C@H](C)OCCCCCCC[C@@H](C(=O)C(=O)NC3CC3)NC(=O)[C@H]12. The van der Waals surface area contributed by atoms with Gasteiger partial charge in [-0.05, 0) is 71.6 Å². The average molecular weight is 579 g/mol. The first-order valence-corrected chi connectivity index (χ1v) is 15.3. The van der Waals surface area contributed by atoms with Crippen LogP contribution in [0.25, 0.3) is 0 Å². The molecule has 2 aliphatic heterocycles. The van der Waals surface area contributed by atoms with E-state index in [-0.39, 0.29) is 17.9 Å². The third-order valence-electron chi connectivity index (χ3n) is 8.05. The molecule has 2 heterocycles. The quantitative estimate of drug-likeness (QED) is 0.426. The van der Waals surface area contributed by atoms with E-state index in [1.807, 2.05) is 13.8 Å². The Labute approximate surface area is 244 Å². The summed E-state index contributed by atoms with van der Waals surface area (Å²) in [7, 11) is 0. The van der Waals surface area contributed by atoms with Crippen LogP contribution in [0, 0.1) is 11.8 Å². The number of amides is 4. The lowest BCUT2D eigenvalue weighted by Crippen LogP contribution is -2.60. The molecule has 0 aromatic carbocycles. The highest BCUT2D eigenvalue weighted by Gasteiger charge is 2.47. The van der Waals surface area contributed by atoms with Crippen LogP contribution < -0.4 is 16.0 Å². The van der Waals surface area contributed by atoms with E-state index < -0.39 is 59.4 Å². The topological polar surface area (TPSA) is 143 Å². The first-order valence-electron chi connectivity index (χ1n) is 15.3. The van der Waals surface area contributed by atoms with E-state index in [9.17, 15) is 24.0 Å². The third kappa shape index (κ3) is 9.68. The number of carbonyl (C=O) groups excluding carboxylic acids is 5. The summed E-state index contributed by atoms with van der Waals surface area (Å²) in [5.41, 5.74) is -0.762. The van der Waals surface area contributed by atoms with Crippen molar-refractivity contribution >= 4 is 29.6 Å². The summed E-state index contributed by atoms with van der Waals surface area (Å²) < 4.78 is 11.4. The number of nitrogens with zero attached hydrogens (tertiary/aromatic N) is 1. The second-order valence-electron chi connectivity index (χ2n) is 13.1. The van der Waals surface area contributed by atoms with Gasteiger partial charge in [0.25, 0.3) is 5.91 Å². The smallest absolute Gasteiger partial charge is 0.408 e. The fourth-order valence-electron chi connectivity index (χ4n) is 5.61. The van der Waals surface area contributed by atoms with Crippen molar-refractivity contribution in [1.82, 2.24) is 20.9 Å². The monoisotopic (exact) mass is 578 g/mol. The molecule has 1 aliphatic carbocycles. The third-order valence-corrected chi connectivity index (χ3v) is 8.05. The molecule has 232 valence electrons. The minimum Gasteiger partial charge on any atom is -0.444 e. The summed E-state index contributed by atoms with van der Waals surface area (Å²) in [4.78, 5) is 68.0. The first kappa shape index (κ1) is 32.8. The van der Waals surface area contributed by atoms with E-state index in [4.69, 9.17) is 9.47 Å². The van der Waals surface area contributed by atoms with Crippen LogP contribution in [0.15, 0.2) is 0 Å². The second kappa shape index (κ2) is 14.5. The Kier molecular flexibility index (Phi) is 11.6. The highest BCUT2D eigenvalue weighted by Crippen LogP contribution is 2.32. The molecule has 4 amide bonds. The van der Waals surface area contributed by atoms with Crippen molar-refractivity contribution < 1.29 is 33.4 Å². The van der Waals surface area contributed by atoms with Crippen LogP contribution in [0.4, 0.5) is 4.79 Å². The van der Waals surface area contributed by atoms with E-state index in [1.54, 1.807) is 27.7 Å². The zero-order valence-electron chi connectivity index (χ0n) is 25.6. The zero-order valence-corrected chi connectivity index (χ0v) is 25.6. The van der Waals surface area contributed by atoms with Crippen LogP contribution in [0.3, 0.4) is 0 Å². The van der Waals surface area contributed by atoms with Crippen LogP contribution in [-0.2, 0) is 28.7 Å². The van der Waals surface area contributed by atoms with Gasteiger partial charge in [0.1, 0.15) is 17.7 Å². The van der Waals surface area contributed by atoms with Gasteiger partial charge in [0.05, 0.1) is 12.1 Å². The van der Waals surface area contributed by atoms with Gasteiger partial charge in [-0.3, -0.25) is 19.2 Å². The van der Waals surface area contributed by atoms with Crippen molar-refractivity contribution in [2.45, 2.75) is 135 Å². The van der Waals surface area contributed by atoms with Crippen LogP contribution >= 0.6 is 0 Å². The molecule has 1 saturated carbocycles. The molecular formula is C30H50N4O7. The maximum atomic E-state index is 14.1. The number of ketones is 1. The summed E-state index contributed by atoms with van der Waals surface area (Å²) in [6.07, 6.45) is 5.37. The molecule has 0 bridgehead atoms. The molecule has 0 unspecified atom stereocenters. The summed E-state index contributed by atoms with van der Waals surface area (Å²) in [6, 6.07) is -2.86. The van der Waals surface area contributed by atoms with Gasteiger partial charge in [-0.2, -0.15) is 0 Å². The second-order valence-corrected chi connectivity index (χ2v) is 13.1. The number of alkyl carbamates (subject to hydrolysis) is 1. The molecule has 0 aromatic heterocycles. The predicted octanol–water partition coefficient (Wildman–Crippen LogP) is 2.84. The molecule has 3 rings (SSSR count). The lowest BCUT2D eigenvalue weighted by atomic mass is 9.87. The van der Waals surface area contributed by atoms with E-state index in [1.165, 1.54) is 4.90 Å². The van der Waals surface area contributed by atoms with E-state index in [2.05, 4.69) is 16.0 Å². The van der Waals surface area contributed by atoms with E-state index in [0.29, 0.717) is 32.4 Å². The Morgan fingerprint density at radius 3 is 2.27 bits per heavy atom. The molecule has 2 saturated heterocycles. The van der Waals surface area contributed by atoms with Crippen molar-refractivity contribution in [1.29, 1.82) is 0 Å². The van der Waals surface area contributed by atoms with Gasteiger partial charge in [0.15, 0.2) is 0 Å². The van der Waals surface area contributed by atoms with E-state index >= 15 is 0 Å². The Morgan fingerprint density at radius 1 is 0.976 bits per heavy atom. The van der Waals surface area contributed by atoms with Gasteiger partial charge in [-0.15, -0.1) is 0 Å². The maximum absolute atomic E-state index is 14.1. The van der Waals surface area contributed by atoms with E-state index in [0.717, 1.165) is 38.5 Å². The number of hydrogen-bond donors (Lipinski definition) is 3. The minimum atomic E-state index is -1.07. The zero-order chi connectivity index (χ0) is 30.3. The van der Waals surface area contributed by atoms with Gasteiger partial charge in [0.2, 0.25) is 17.6 Å². The standard InChI is InChI=1S/C30H50N4O7/c1-18(2)21-15-16-34-24(21)26(36)32-22(25(35)27(37)31-20-13-14-20)12-10-8-7-9-11-17-40-19(3)23(28(34)38)33-29(39)41-30(4,5)6/h18-24H,7-17H2,1-6H3,(H,31,37)(H,32,36)(H,33,39)/t19-,21+,22-,23-,24-/m0/s1. The molecule has 41 heavy (non-hydrogen) atoms. The Hall–Kier alpha value is -2.69. The number of Topliss-reactive ketones (excluding diaryl/α,β-unsaturated/α-hetero) is 1. The van der Waals surface area contributed by atoms with Crippen molar-refractivity contribution in [2.75, 3.05) is 13.2 Å². The summed E-state index contributed by atoms with van der Waals surface area (Å²) in [6.45, 7) is 11.7. The molecule has 3 fully saturated rings. The summed E-state index contributed by atoms with van der Waals surface area (Å²) >= 11 is 0. The van der Waals surface area contributed by atoms with Gasteiger partial charge < -0.3 is 30.3 Å². The van der Waals surface area contributed by atoms with Gasteiger partial charge in [-0.25, -0.2) is 4.79 Å². The van der Waals surface area contributed by atoms with Crippen molar-refractivity contribution in [3.05, 3.63) is 0 Å². The molecule has 0 aromatic rings. The van der Waals surface area contributed by atoms with Gasteiger partial charge in [0, 0.05) is 19.2 Å². The molecule has 0 spiro atoms. The molecule has 3 N–H and O–H groups in total. The van der Waals surface area contributed by atoms with Crippen LogP contribution in [0.5, 0.6) is 0 Å². The van der Waals surface area contributed by atoms with Gasteiger partial charge >= 0.3 is 6.09 Å². The van der Waals surface area contributed by atoms with Gasteiger partial charge in [-0.1, -0.05) is 39.5 Å². The highest BCUT2D eigenvalue weighted by atomic mass is 16.6. The number of carbonyl (C=O) groups is 5. The molecular weight excluding hydrogens is 528 g/mol. The Balaban J connectivity index is 1.89. The number of ether oxygens (including phenoxy) is 2. The lowest BCUT2D eigenvalue weighted by Gasteiger charge is -2.34. The summed E-state index contributed by atoms with van der Waals surface area (Å²) in [5, 5.41) is 8.30. The van der Waals surface area contributed by atoms with Crippen molar-refractivity contribution in [3.8, 4) is 0 Å². The fraction of sp³-hybridized carbons (Fsp3) is 0.833. The normalized spacial score (nSPS) is 29.0. The number of rotatable bonds is 5. The largest absolute Gasteiger partial charge is 0.444 e. The molecule has 11 nitrogen and oxygen atoms in total. The van der Waals surface area contributed by atoms with Crippen LogP contribution in [-0.4, -0.2) is 83.5 Å². The first-order chi connectivity index (χ1) is 19.3.